The molecule has 0 aromatic heterocycles. The van der Waals surface area contributed by atoms with E-state index in [1.807, 2.05) is 6.92 Å². The molecular weight excluding hydrogens is 508 g/mol. The summed E-state index contributed by atoms with van der Waals surface area (Å²) in [5.74, 6) is -2.97. The van der Waals surface area contributed by atoms with Crippen LogP contribution in [0.3, 0.4) is 0 Å². The molecule has 10 nitrogen and oxygen atoms in total. The molecule has 6 fully saturated rings. The number of ketones is 1. The third kappa shape index (κ3) is 2.96. The highest BCUT2D eigenvalue weighted by molar-refractivity contribution is 5.90. The van der Waals surface area contributed by atoms with E-state index in [-0.39, 0.29) is 43.2 Å². The zero-order valence-electron chi connectivity index (χ0n) is 22.3. The molecule has 10 heteroatoms. The number of carbonyl (C=O) groups is 2. The Labute approximate surface area is 226 Å². The van der Waals surface area contributed by atoms with E-state index in [2.05, 4.69) is 13.0 Å². The van der Waals surface area contributed by atoms with Gasteiger partial charge in [0.2, 0.25) is 12.1 Å². The summed E-state index contributed by atoms with van der Waals surface area (Å²) in [4.78, 5) is 26.1. The number of carbonyl (C=O) groups excluding carboxylic acids is 2. The molecule has 4 aliphatic carbocycles. The lowest BCUT2D eigenvalue weighted by Crippen LogP contribution is -2.71. The van der Waals surface area contributed by atoms with Crippen LogP contribution in [-0.2, 0) is 38.0 Å². The van der Waals surface area contributed by atoms with Crippen molar-refractivity contribution in [2.75, 3.05) is 20.0 Å². The van der Waals surface area contributed by atoms with E-state index in [1.54, 1.807) is 0 Å². The zero-order chi connectivity index (χ0) is 26.9. The highest BCUT2D eigenvalue weighted by Gasteiger charge is 2.74. The van der Waals surface area contributed by atoms with E-state index in [0.717, 1.165) is 17.6 Å². The topological polar surface area (TPSA) is 130 Å². The second kappa shape index (κ2) is 8.00. The molecule has 0 bridgehead atoms. The monoisotopic (exact) mass is 544 g/mol. The standard InChI is InChI=1S/C29H36O10/c1-26-11-19-18(38-25-29(39-19)20(6-8-34-25)36-13-37-29)10-15(26)3-4-17-22(26)23(31)24(32)27(2)16(5-7-28(17,27)33)14-9-21(30)35-12-14/h9-10,16-20,22,24-25,32-33H,3-8,11-13H2,1-2H3/t16-,17-,18+,19-,20-,22+,24+,25+,26+,27+,28+,29+/m1/s1. The van der Waals surface area contributed by atoms with Crippen molar-refractivity contribution in [2.24, 2.45) is 28.6 Å². The molecule has 3 saturated heterocycles. The molecule has 0 aromatic carbocycles. The van der Waals surface area contributed by atoms with Crippen molar-refractivity contribution >= 4 is 11.8 Å². The molecule has 12 atom stereocenters. The molecule has 0 radical (unpaired) electrons. The van der Waals surface area contributed by atoms with E-state index in [4.69, 9.17) is 28.4 Å². The lowest BCUT2D eigenvalue weighted by atomic mass is 9.43. The van der Waals surface area contributed by atoms with Crippen molar-refractivity contribution in [1.29, 1.82) is 0 Å². The summed E-state index contributed by atoms with van der Waals surface area (Å²) >= 11 is 0. The first-order chi connectivity index (χ1) is 18.6. The summed E-state index contributed by atoms with van der Waals surface area (Å²) in [5.41, 5.74) is -1.11. The van der Waals surface area contributed by atoms with Gasteiger partial charge in [0.1, 0.15) is 24.9 Å². The van der Waals surface area contributed by atoms with Gasteiger partial charge in [0.25, 0.3) is 0 Å². The molecule has 39 heavy (non-hydrogen) atoms. The van der Waals surface area contributed by atoms with Crippen molar-refractivity contribution in [2.45, 2.75) is 94.5 Å². The first-order valence-electron chi connectivity index (χ1n) is 14.3. The maximum absolute atomic E-state index is 14.3. The number of rotatable bonds is 1. The number of ether oxygens (including phenoxy) is 6. The van der Waals surface area contributed by atoms with Gasteiger partial charge in [-0.1, -0.05) is 25.5 Å². The highest BCUT2D eigenvalue weighted by atomic mass is 16.9. The average Bonchev–Trinajstić information content (AvgIpc) is 3.60. The molecule has 4 aliphatic heterocycles. The molecule has 8 rings (SSSR count). The number of Topliss-reactive ketones (excluding diaryl/α,β-unsaturated/α-hetero) is 1. The molecule has 2 N–H and O–H groups in total. The Bertz CT molecular complexity index is 1200. The Kier molecular flexibility index (Phi) is 5.14. The molecule has 212 valence electrons. The number of fused-ring (bicyclic) bond motifs is 6. The van der Waals surface area contributed by atoms with Gasteiger partial charge >= 0.3 is 5.97 Å². The van der Waals surface area contributed by atoms with Crippen LogP contribution in [-0.4, -0.2) is 84.1 Å². The number of hydrogen-bond donors (Lipinski definition) is 2. The van der Waals surface area contributed by atoms with Gasteiger partial charge in [0, 0.05) is 29.2 Å². The van der Waals surface area contributed by atoms with Crippen LogP contribution in [0.4, 0.5) is 0 Å². The van der Waals surface area contributed by atoms with Crippen molar-refractivity contribution < 1.29 is 48.2 Å². The Morgan fingerprint density at radius 2 is 1.95 bits per heavy atom. The van der Waals surface area contributed by atoms with Crippen LogP contribution < -0.4 is 0 Å². The van der Waals surface area contributed by atoms with Gasteiger partial charge in [-0.15, -0.1) is 0 Å². The second-order valence-electron chi connectivity index (χ2n) is 13.3. The fourth-order valence-electron chi connectivity index (χ4n) is 9.91. The van der Waals surface area contributed by atoms with Gasteiger partial charge in [-0.25, -0.2) is 4.79 Å². The normalized spacial score (nSPS) is 55.8. The predicted molar refractivity (Wildman–Crippen MR) is 131 cm³/mol. The second-order valence-corrected chi connectivity index (χ2v) is 13.3. The van der Waals surface area contributed by atoms with Crippen molar-refractivity contribution in [3.63, 3.8) is 0 Å². The van der Waals surface area contributed by atoms with Crippen LogP contribution in [0, 0.1) is 28.6 Å². The lowest BCUT2D eigenvalue weighted by molar-refractivity contribution is -0.421. The van der Waals surface area contributed by atoms with E-state index < -0.39 is 52.6 Å². The van der Waals surface area contributed by atoms with E-state index in [1.165, 1.54) is 6.08 Å². The third-order valence-corrected chi connectivity index (χ3v) is 11.9. The van der Waals surface area contributed by atoms with Crippen LogP contribution >= 0.6 is 0 Å². The van der Waals surface area contributed by atoms with Crippen LogP contribution in [0.5, 0.6) is 0 Å². The van der Waals surface area contributed by atoms with Crippen LogP contribution in [0.15, 0.2) is 23.3 Å². The average molecular weight is 545 g/mol. The van der Waals surface area contributed by atoms with Gasteiger partial charge in [-0.05, 0) is 49.5 Å². The summed E-state index contributed by atoms with van der Waals surface area (Å²) in [6, 6.07) is 0. The van der Waals surface area contributed by atoms with Gasteiger partial charge in [0.05, 0.1) is 18.3 Å². The Morgan fingerprint density at radius 3 is 2.74 bits per heavy atom. The van der Waals surface area contributed by atoms with Gasteiger partial charge < -0.3 is 38.6 Å². The molecule has 4 heterocycles. The number of allylic oxidation sites excluding steroid dienone is 1. The van der Waals surface area contributed by atoms with Crippen LogP contribution in [0.25, 0.3) is 0 Å². The van der Waals surface area contributed by atoms with Gasteiger partial charge in [0.15, 0.2) is 12.6 Å². The molecule has 0 amide bonds. The van der Waals surface area contributed by atoms with Gasteiger partial charge in [-0.3, -0.25) is 4.79 Å². The van der Waals surface area contributed by atoms with Crippen LogP contribution in [0.1, 0.15) is 52.4 Å². The Morgan fingerprint density at radius 1 is 1.10 bits per heavy atom. The maximum Gasteiger partial charge on any atom is 0.331 e. The first-order valence-corrected chi connectivity index (χ1v) is 14.3. The van der Waals surface area contributed by atoms with Crippen molar-refractivity contribution in [3.8, 4) is 0 Å². The SMILES string of the molecule is C[C@@]12[C@@H](C3=CC(=O)OC3)CC[C@]1(O)[C@@H]1CCC3=C[C@@H]4O[C@@H]5OCC[C@H]6OCO[C@@]56O[C@@H]4C[C@]3(C)[C@@H]1C(=O)[C@@H]2O. The third-order valence-electron chi connectivity index (χ3n) is 11.9. The van der Waals surface area contributed by atoms with E-state index in [9.17, 15) is 19.8 Å². The molecule has 3 saturated carbocycles. The summed E-state index contributed by atoms with van der Waals surface area (Å²) in [6.45, 7) is 4.67. The number of cyclic esters (lactones) is 1. The van der Waals surface area contributed by atoms with Crippen LogP contribution in [0.2, 0.25) is 0 Å². The molecule has 0 unspecified atom stereocenters. The van der Waals surface area contributed by atoms with Crippen molar-refractivity contribution in [3.05, 3.63) is 23.3 Å². The fraction of sp³-hybridized carbons (Fsp3) is 0.793. The number of aliphatic hydroxyl groups is 2. The largest absolute Gasteiger partial charge is 0.458 e. The summed E-state index contributed by atoms with van der Waals surface area (Å²) in [5, 5.41) is 24.2. The Hall–Kier alpha value is -1.66. The first kappa shape index (κ1) is 25.1. The maximum atomic E-state index is 14.3. The summed E-state index contributed by atoms with van der Waals surface area (Å²) in [6.07, 6.45) is 4.03. The van der Waals surface area contributed by atoms with E-state index >= 15 is 0 Å². The molecule has 1 spiro atoms. The minimum absolute atomic E-state index is 0.110. The highest BCUT2D eigenvalue weighted by Crippen LogP contribution is 2.69. The minimum Gasteiger partial charge on any atom is -0.458 e. The van der Waals surface area contributed by atoms with E-state index in [0.29, 0.717) is 38.7 Å². The summed E-state index contributed by atoms with van der Waals surface area (Å²) < 4.78 is 35.9. The Balaban J connectivity index is 1.16. The minimum atomic E-state index is -1.36. The van der Waals surface area contributed by atoms with Crippen molar-refractivity contribution in [1.82, 2.24) is 0 Å². The number of hydrogen-bond acceptors (Lipinski definition) is 10. The van der Waals surface area contributed by atoms with Gasteiger partial charge in [-0.2, -0.15) is 0 Å². The molecule has 8 aliphatic rings. The predicted octanol–water partition coefficient (Wildman–Crippen LogP) is 1.52. The number of esters is 1. The zero-order valence-corrected chi connectivity index (χ0v) is 22.3. The quantitative estimate of drug-likeness (QED) is 0.370. The smallest absolute Gasteiger partial charge is 0.331 e. The fourth-order valence-corrected chi connectivity index (χ4v) is 9.91. The summed E-state index contributed by atoms with van der Waals surface area (Å²) in [7, 11) is 0. The lowest BCUT2D eigenvalue weighted by Gasteiger charge is -2.63. The molecular formula is C29H36O10. The number of aliphatic hydroxyl groups excluding tert-OH is 1. The molecule has 0 aromatic rings.